The van der Waals surface area contributed by atoms with E-state index in [9.17, 15) is 9.59 Å². The number of ether oxygens (including phenoxy) is 2. The first-order chi connectivity index (χ1) is 10.1. The van der Waals surface area contributed by atoms with Crippen molar-refractivity contribution in [1.82, 2.24) is 10.2 Å². The van der Waals surface area contributed by atoms with Gasteiger partial charge in [-0.25, -0.2) is 9.59 Å². The van der Waals surface area contributed by atoms with Gasteiger partial charge in [-0.05, 0) is 20.3 Å². The van der Waals surface area contributed by atoms with Crippen molar-refractivity contribution in [2.75, 3.05) is 39.5 Å². The van der Waals surface area contributed by atoms with Crippen molar-refractivity contribution in [3.05, 3.63) is 0 Å². The van der Waals surface area contributed by atoms with Gasteiger partial charge < -0.3 is 24.8 Å². The van der Waals surface area contributed by atoms with E-state index in [2.05, 4.69) is 5.32 Å². The highest BCUT2D eigenvalue weighted by atomic mass is 16.5. The molecule has 124 valence electrons. The first-order valence-electron chi connectivity index (χ1n) is 7.50. The number of hydrogen-bond acceptors (Lipinski definition) is 4. The highest BCUT2D eigenvalue weighted by Crippen LogP contribution is 2.00. The Bertz CT molecular complexity index is 289. The van der Waals surface area contributed by atoms with E-state index >= 15 is 0 Å². The molecule has 7 heteroatoms. The number of carboxylic acids is 1. The molecule has 0 aliphatic rings. The Balaban J connectivity index is 4.47. The summed E-state index contributed by atoms with van der Waals surface area (Å²) in [5, 5.41) is 11.6. The fourth-order valence-corrected chi connectivity index (χ4v) is 1.74. The zero-order valence-corrected chi connectivity index (χ0v) is 13.3. The number of urea groups is 1. The van der Waals surface area contributed by atoms with Crippen LogP contribution < -0.4 is 5.32 Å². The van der Waals surface area contributed by atoms with Crippen molar-refractivity contribution in [3.63, 3.8) is 0 Å². The molecule has 2 N–H and O–H groups in total. The van der Waals surface area contributed by atoms with Crippen LogP contribution >= 0.6 is 0 Å². The van der Waals surface area contributed by atoms with E-state index in [1.165, 1.54) is 4.90 Å². The van der Waals surface area contributed by atoms with Crippen LogP contribution in [0.2, 0.25) is 0 Å². The van der Waals surface area contributed by atoms with Crippen LogP contribution in [0.3, 0.4) is 0 Å². The molecule has 0 saturated heterocycles. The number of rotatable bonds is 12. The van der Waals surface area contributed by atoms with Gasteiger partial charge in [-0.1, -0.05) is 13.3 Å². The molecule has 0 aromatic rings. The van der Waals surface area contributed by atoms with Gasteiger partial charge >= 0.3 is 12.0 Å². The molecule has 0 unspecified atom stereocenters. The minimum absolute atomic E-state index is 0.393. The second kappa shape index (κ2) is 12.4. The first kappa shape index (κ1) is 19.7. The third-order valence-corrected chi connectivity index (χ3v) is 2.88. The molecule has 2 amide bonds. The molecule has 21 heavy (non-hydrogen) atoms. The summed E-state index contributed by atoms with van der Waals surface area (Å²) < 4.78 is 10.5. The smallest absolute Gasteiger partial charge is 0.326 e. The van der Waals surface area contributed by atoms with Crippen molar-refractivity contribution >= 4 is 12.0 Å². The molecule has 0 aromatic heterocycles. The lowest BCUT2D eigenvalue weighted by Gasteiger charge is -2.25. The van der Waals surface area contributed by atoms with E-state index in [0.29, 0.717) is 52.4 Å². The highest BCUT2D eigenvalue weighted by Gasteiger charge is 2.22. The lowest BCUT2D eigenvalue weighted by Crippen LogP contribution is -2.49. The average molecular weight is 304 g/mol. The van der Waals surface area contributed by atoms with E-state index in [1.54, 1.807) is 0 Å². The van der Waals surface area contributed by atoms with E-state index in [1.807, 2.05) is 20.8 Å². The van der Waals surface area contributed by atoms with Gasteiger partial charge in [0, 0.05) is 26.3 Å². The van der Waals surface area contributed by atoms with Crippen LogP contribution in [0, 0.1) is 0 Å². The molecule has 1 atom stereocenters. The summed E-state index contributed by atoms with van der Waals surface area (Å²) in [6, 6.07) is -1.25. The monoisotopic (exact) mass is 304 g/mol. The van der Waals surface area contributed by atoms with Gasteiger partial charge in [0.1, 0.15) is 6.04 Å². The maximum Gasteiger partial charge on any atom is 0.326 e. The Morgan fingerprint density at radius 1 is 1.10 bits per heavy atom. The topological polar surface area (TPSA) is 88.1 Å². The Labute approximate surface area is 126 Å². The summed E-state index contributed by atoms with van der Waals surface area (Å²) in [6.07, 6.45) is 1.10. The lowest BCUT2D eigenvalue weighted by atomic mass is 10.2. The summed E-state index contributed by atoms with van der Waals surface area (Å²) in [5.41, 5.74) is 0. The molecule has 0 radical (unpaired) electrons. The second-order valence-electron chi connectivity index (χ2n) is 4.51. The maximum atomic E-state index is 12.2. The second-order valence-corrected chi connectivity index (χ2v) is 4.51. The molecule has 7 nitrogen and oxygen atoms in total. The standard InChI is InChI=1S/C14H28N2O5/c1-4-7-12(13(17)18)15-14(19)16(8-10-20-5-2)9-11-21-6-3/h12H,4-11H2,1-3H3,(H,15,19)(H,17,18)/t12-/m1/s1. The maximum absolute atomic E-state index is 12.2. The molecule has 0 rings (SSSR count). The molecule has 0 fully saturated rings. The van der Waals surface area contributed by atoms with Crippen LogP contribution in [-0.4, -0.2) is 67.6 Å². The third kappa shape index (κ3) is 9.25. The average Bonchev–Trinajstić information content (AvgIpc) is 2.45. The fourth-order valence-electron chi connectivity index (χ4n) is 1.74. The fraction of sp³-hybridized carbons (Fsp3) is 0.857. The summed E-state index contributed by atoms with van der Waals surface area (Å²) >= 11 is 0. The van der Waals surface area contributed by atoms with Crippen LogP contribution in [0.5, 0.6) is 0 Å². The van der Waals surface area contributed by atoms with Crippen LogP contribution in [0.1, 0.15) is 33.6 Å². The largest absolute Gasteiger partial charge is 0.480 e. The van der Waals surface area contributed by atoms with Crippen LogP contribution in [0.15, 0.2) is 0 Å². The SMILES string of the molecule is CCC[C@@H](NC(=O)N(CCOCC)CCOCC)C(=O)O. The molecule has 0 bridgehead atoms. The van der Waals surface area contributed by atoms with Crippen molar-refractivity contribution in [1.29, 1.82) is 0 Å². The van der Waals surface area contributed by atoms with E-state index in [0.717, 1.165) is 0 Å². The van der Waals surface area contributed by atoms with Gasteiger partial charge in [0.25, 0.3) is 0 Å². The van der Waals surface area contributed by atoms with Gasteiger partial charge in [-0.2, -0.15) is 0 Å². The zero-order valence-electron chi connectivity index (χ0n) is 13.3. The van der Waals surface area contributed by atoms with Crippen molar-refractivity contribution in [2.24, 2.45) is 0 Å². The minimum Gasteiger partial charge on any atom is -0.480 e. The van der Waals surface area contributed by atoms with Crippen LogP contribution in [0.25, 0.3) is 0 Å². The number of hydrogen-bond donors (Lipinski definition) is 2. The number of aliphatic carboxylic acids is 1. The van der Waals surface area contributed by atoms with E-state index in [4.69, 9.17) is 14.6 Å². The van der Waals surface area contributed by atoms with Crippen molar-refractivity contribution < 1.29 is 24.2 Å². The van der Waals surface area contributed by atoms with Crippen molar-refractivity contribution in [3.8, 4) is 0 Å². The van der Waals surface area contributed by atoms with Gasteiger partial charge in [0.2, 0.25) is 0 Å². The first-order valence-corrected chi connectivity index (χ1v) is 7.50. The summed E-state index contributed by atoms with van der Waals surface area (Å²) in [4.78, 5) is 24.8. The Morgan fingerprint density at radius 2 is 1.62 bits per heavy atom. The number of carboxylic acid groups (broad SMARTS) is 1. The van der Waals surface area contributed by atoms with Crippen LogP contribution in [0.4, 0.5) is 4.79 Å². The molecule has 0 saturated carbocycles. The minimum atomic E-state index is -1.01. The predicted octanol–water partition coefficient (Wildman–Crippen LogP) is 1.32. The third-order valence-electron chi connectivity index (χ3n) is 2.88. The molecular formula is C14H28N2O5. The van der Waals surface area contributed by atoms with Gasteiger partial charge in [0.05, 0.1) is 13.2 Å². The molecule has 0 spiro atoms. The van der Waals surface area contributed by atoms with E-state index < -0.39 is 18.0 Å². The summed E-state index contributed by atoms with van der Waals surface area (Å²) in [5.74, 6) is -1.01. The number of nitrogens with one attached hydrogen (secondary N) is 1. The van der Waals surface area contributed by atoms with Gasteiger partial charge in [-0.3, -0.25) is 0 Å². The number of carbonyl (C=O) groups is 2. The number of nitrogens with zero attached hydrogens (tertiary/aromatic N) is 1. The highest BCUT2D eigenvalue weighted by molar-refractivity contribution is 5.82. The molecule has 0 aliphatic carbocycles. The van der Waals surface area contributed by atoms with Gasteiger partial charge in [0.15, 0.2) is 0 Å². The Kier molecular flexibility index (Phi) is 11.6. The number of amides is 2. The zero-order chi connectivity index (χ0) is 16.1. The van der Waals surface area contributed by atoms with E-state index in [-0.39, 0.29) is 0 Å². The quantitative estimate of drug-likeness (QED) is 0.531. The van der Waals surface area contributed by atoms with Crippen LogP contribution in [-0.2, 0) is 14.3 Å². The molecule has 0 aliphatic heterocycles. The number of carbonyl (C=O) groups excluding carboxylic acids is 1. The predicted molar refractivity (Wildman–Crippen MR) is 79.4 cm³/mol. The molecule has 0 aromatic carbocycles. The van der Waals surface area contributed by atoms with Gasteiger partial charge in [-0.15, -0.1) is 0 Å². The lowest BCUT2D eigenvalue weighted by molar-refractivity contribution is -0.139. The normalized spacial score (nSPS) is 12.0. The molecule has 0 heterocycles. The Morgan fingerprint density at radius 3 is 2.00 bits per heavy atom. The molecular weight excluding hydrogens is 276 g/mol. The summed E-state index contributed by atoms with van der Waals surface area (Å²) in [6.45, 7) is 8.45. The Hall–Kier alpha value is -1.34. The summed E-state index contributed by atoms with van der Waals surface area (Å²) in [7, 11) is 0. The van der Waals surface area contributed by atoms with Crippen molar-refractivity contribution in [2.45, 2.75) is 39.7 Å².